The number of rotatable bonds is 60. The summed E-state index contributed by atoms with van der Waals surface area (Å²) in [4.78, 5) is 38.3. The lowest BCUT2D eigenvalue weighted by atomic mass is 9.99. The Morgan fingerprint density at radius 1 is 0.292 bits per heavy atom. The average molecular weight is 1020 g/mol. The quantitative estimate of drug-likeness (QED) is 0.0343. The van der Waals surface area contributed by atoms with Gasteiger partial charge in [0.2, 0.25) is 0 Å². The number of carbonyl (C=O) groups is 3. The lowest BCUT2D eigenvalue weighted by Crippen LogP contribution is -2.30. The minimum Gasteiger partial charge on any atom is -0.462 e. The van der Waals surface area contributed by atoms with E-state index >= 15 is 0 Å². The summed E-state index contributed by atoms with van der Waals surface area (Å²) in [6.45, 7) is 11.5. The fourth-order valence-electron chi connectivity index (χ4n) is 10.3. The Morgan fingerprint density at radius 3 is 0.792 bits per heavy atom. The maximum absolute atomic E-state index is 12.9. The van der Waals surface area contributed by atoms with Crippen molar-refractivity contribution in [2.75, 3.05) is 13.2 Å². The van der Waals surface area contributed by atoms with Gasteiger partial charge in [-0.3, -0.25) is 14.4 Å². The minimum atomic E-state index is -0.763. The van der Waals surface area contributed by atoms with Crippen LogP contribution in [0.4, 0.5) is 0 Å². The Morgan fingerprint density at radius 2 is 0.528 bits per heavy atom. The Labute approximate surface area is 450 Å². The molecule has 0 saturated heterocycles. The summed E-state index contributed by atoms with van der Waals surface area (Å²) in [7, 11) is 0. The van der Waals surface area contributed by atoms with E-state index in [2.05, 4.69) is 34.6 Å². The van der Waals surface area contributed by atoms with Crippen LogP contribution < -0.4 is 0 Å². The fraction of sp³-hybridized carbons (Fsp3) is 0.955. The van der Waals surface area contributed by atoms with Gasteiger partial charge < -0.3 is 14.2 Å². The van der Waals surface area contributed by atoms with E-state index in [1.807, 2.05) is 0 Å². The van der Waals surface area contributed by atoms with E-state index < -0.39 is 6.10 Å². The zero-order valence-corrected chi connectivity index (χ0v) is 49.6. The molecule has 0 aromatic carbocycles. The van der Waals surface area contributed by atoms with Crippen molar-refractivity contribution in [3.8, 4) is 0 Å². The van der Waals surface area contributed by atoms with Crippen molar-refractivity contribution >= 4 is 17.9 Å². The Bertz CT molecular complexity index is 1110. The predicted octanol–water partition coefficient (Wildman–Crippen LogP) is 22.0. The highest BCUT2D eigenvalue weighted by molar-refractivity contribution is 5.71. The monoisotopic (exact) mass is 1020 g/mol. The van der Waals surface area contributed by atoms with Gasteiger partial charge in [0, 0.05) is 19.3 Å². The van der Waals surface area contributed by atoms with Gasteiger partial charge in [-0.1, -0.05) is 336 Å². The molecule has 0 N–H and O–H groups in total. The summed E-state index contributed by atoms with van der Waals surface area (Å²) in [6.07, 6.45) is 65.3. The third-order valence-electron chi connectivity index (χ3n) is 15.6. The molecule has 6 heteroatoms. The van der Waals surface area contributed by atoms with Crippen LogP contribution in [-0.4, -0.2) is 37.2 Å². The lowest BCUT2D eigenvalue weighted by Gasteiger charge is -2.18. The topological polar surface area (TPSA) is 78.9 Å². The molecule has 0 aliphatic carbocycles. The molecule has 0 fully saturated rings. The molecule has 0 aliphatic heterocycles. The Balaban J connectivity index is 4.24. The van der Waals surface area contributed by atoms with E-state index in [0.29, 0.717) is 19.3 Å². The summed E-state index contributed by atoms with van der Waals surface area (Å²) < 4.78 is 17.0. The molecule has 1 unspecified atom stereocenters. The van der Waals surface area contributed by atoms with Crippen molar-refractivity contribution in [1.29, 1.82) is 0 Å². The highest BCUT2D eigenvalue weighted by Crippen LogP contribution is 2.19. The molecule has 0 amide bonds. The number of esters is 3. The van der Waals surface area contributed by atoms with Crippen LogP contribution in [0.2, 0.25) is 0 Å². The first-order chi connectivity index (χ1) is 35.3. The van der Waals surface area contributed by atoms with Crippen molar-refractivity contribution in [2.24, 2.45) is 11.8 Å². The normalized spacial score (nSPS) is 12.4. The van der Waals surface area contributed by atoms with Gasteiger partial charge in [-0.2, -0.15) is 0 Å². The molecule has 0 aromatic heterocycles. The van der Waals surface area contributed by atoms with Gasteiger partial charge >= 0.3 is 17.9 Å². The number of ether oxygens (including phenoxy) is 3. The number of unbranched alkanes of at least 4 members (excludes halogenated alkanes) is 44. The summed E-state index contributed by atoms with van der Waals surface area (Å²) in [5, 5.41) is 0. The molecule has 2 atom stereocenters. The Kier molecular flexibility index (Phi) is 57.4. The van der Waals surface area contributed by atoms with Crippen molar-refractivity contribution in [1.82, 2.24) is 0 Å². The summed E-state index contributed by atoms with van der Waals surface area (Å²) in [6, 6.07) is 0. The second kappa shape index (κ2) is 58.7. The summed E-state index contributed by atoms with van der Waals surface area (Å²) in [5.74, 6) is 0.933. The lowest BCUT2D eigenvalue weighted by molar-refractivity contribution is -0.167. The molecule has 0 aromatic rings. The highest BCUT2D eigenvalue weighted by atomic mass is 16.6. The van der Waals surface area contributed by atoms with Gasteiger partial charge in [-0.25, -0.2) is 0 Å². The third kappa shape index (κ3) is 57.7. The maximum atomic E-state index is 12.9. The molecule has 0 spiro atoms. The van der Waals surface area contributed by atoms with Crippen LogP contribution in [0, 0.1) is 11.8 Å². The van der Waals surface area contributed by atoms with Crippen LogP contribution in [0.25, 0.3) is 0 Å². The maximum Gasteiger partial charge on any atom is 0.306 e. The largest absolute Gasteiger partial charge is 0.462 e. The average Bonchev–Trinajstić information content (AvgIpc) is 3.37. The SMILES string of the molecule is CCCCCCCCCCCCCCCC(=O)OC[C@H](COC(=O)CCCCCCCCCCCCCCCCCCC(C)C)OC(=O)CCCCCCCCCCCCCCCCCCCCC(C)CC. The Hall–Kier alpha value is -1.59. The summed E-state index contributed by atoms with van der Waals surface area (Å²) >= 11 is 0. The molecule has 0 radical (unpaired) electrons. The molecule has 0 bridgehead atoms. The molecule has 0 rings (SSSR count). The van der Waals surface area contributed by atoms with Crippen LogP contribution in [0.3, 0.4) is 0 Å². The zero-order valence-electron chi connectivity index (χ0n) is 49.6. The molecule has 0 heterocycles. The van der Waals surface area contributed by atoms with E-state index in [1.54, 1.807) is 0 Å². The number of carbonyl (C=O) groups excluding carboxylic acids is 3. The third-order valence-corrected chi connectivity index (χ3v) is 15.6. The molecular formula is C66H128O6. The predicted molar refractivity (Wildman–Crippen MR) is 312 cm³/mol. The zero-order chi connectivity index (χ0) is 52.5. The molecule has 428 valence electrons. The van der Waals surface area contributed by atoms with E-state index in [0.717, 1.165) is 69.6 Å². The van der Waals surface area contributed by atoms with Gasteiger partial charge in [-0.15, -0.1) is 0 Å². The summed E-state index contributed by atoms with van der Waals surface area (Å²) in [5.41, 5.74) is 0. The molecule has 0 aliphatic rings. The molecular weight excluding hydrogens is 889 g/mol. The van der Waals surface area contributed by atoms with Gasteiger partial charge in [0.05, 0.1) is 0 Å². The molecule has 0 saturated carbocycles. The first-order valence-electron chi connectivity index (χ1n) is 32.8. The fourth-order valence-corrected chi connectivity index (χ4v) is 10.3. The van der Waals surface area contributed by atoms with E-state index in [4.69, 9.17) is 14.2 Å². The highest BCUT2D eigenvalue weighted by Gasteiger charge is 2.19. The van der Waals surface area contributed by atoms with Gasteiger partial charge in [0.1, 0.15) is 13.2 Å². The molecule has 72 heavy (non-hydrogen) atoms. The second-order valence-corrected chi connectivity index (χ2v) is 23.5. The second-order valence-electron chi connectivity index (χ2n) is 23.5. The van der Waals surface area contributed by atoms with E-state index in [-0.39, 0.29) is 31.1 Å². The minimum absolute atomic E-state index is 0.0616. The van der Waals surface area contributed by atoms with Gasteiger partial charge in [-0.05, 0) is 31.1 Å². The van der Waals surface area contributed by atoms with E-state index in [1.165, 1.54) is 263 Å². The number of hydrogen-bond acceptors (Lipinski definition) is 6. The van der Waals surface area contributed by atoms with Crippen molar-refractivity contribution in [2.45, 2.75) is 381 Å². The van der Waals surface area contributed by atoms with Crippen molar-refractivity contribution < 1.29 is 28.6 Å². The van der Waals surface area contributed by atoms with Crippen LogP contribution in [0.1, 0.15) is 375 Å². The smallest absolute Gasteiger partial charge is 0.306 e. The van der Waals surface area contributed by atoms with Gasteiger partial charge in [0.15, 0.2) is 6.10 Å². The standard InChI is InChI=1S/C66H128O6/c1-6-8-9-10-11-12-13-24-31-36-41-46-51-56-64(67)70-59-63(60-71-65(68)57-52-47-42-37-32-27-22-19-18-20-25-29-34-39-44-49-54-61(3)4)72-66(69)58-53-48-43-38-33-28-23-17-15-14-16-21-26-30-35-40-45-50-55-62(5)7-2/h61-63H,6-60H2,1-5H3/t62?,63-/m1/s1. The van der Waals surface area contributed by atoms with Crippen LogP contribution in [0.5, 0.6) is 0 Å². The van der Waals surface area contributed by atoms with Crippen molar-refractivity contribution in [3.63, 3.8) is 0 Å². The van der Waals surface area contributed by atoms with Gasteiger partial charge in [0.25, 0.3) is 0 Å². The van der Waals surface area contributed by atoms with Crippen LogP contribution in [0.15, 0.2) is 0 Å². The first kappa shape index (κ1) is 70.4. The van der Waals surface area contributed by atoms with Crippen molar-refractivity contribution in [3.05, 3.63) is 0 Å². The van der Waals surface area contributed by atoms with Crippen LogP contribution in [-0.2, 0) is 28.6 Å². The molecule has 6 nitrogen and oxygen atoms in total. The first-order valence-corrected chi connectivity index (χ1v) is 32.8. The van der Waals surface area contributed by atoms with E-state index in [9.17, 15) is 14.4 Å². The van der Waals surface area contributed by atoms with Crippen LogP contribution >= 0.6 is 0 Å². The number of hydrogen-bond donors (Lipinski definition) is 0.